The van der Waals surface area contributed by atoms with Crippen molar-refractivity contribution in [3.63, 3.8) is 0 Å². The highest BCUT2D eigenvalue weighted by Crippen LogP contribution is 2.21. The number of carbonyl (C=O) groups is 1. The molecule has 6 heteroatoms. The lowest BCUT2D eigenvalue weighted by Gasteiger charge is -2.06. The predicted molar refractivity (Wildman–Crippen MR) is 81.6 cm³/mol. The number of nitrogens with zero attached hydrogens (tertiary/aromatic N) is 1. The second kappa shape index (κ2) is 6.68. The van der Waals surface area contributed by atoms with Gasteiger partial charge in [0.2, 0.25) is 0 Å². The molecule has 4 nitrogen and oxygen atoms in total. The molecule has 2 rings (SSSR count). The molecule has 1 amide bonds. The molecule has 0 radical (unpaired) electrons. The standard InChI is InChI=1S/C13H14BrN3OS/c1-2-15-9-5-6-16-11(7-9)13(18)17-8-10-3-4-12(14)19-10/h3-7H,2,8H2,1H3,(H,15,16)(H,17,18). The van der Waals surface area contributed by atoms with Crippen molar-refractivity contribution in [1.29, 1.82) is 0 Å². The monoisotopic (exact) mass is 339 g/mol. The van der Waals surface area contributed by atoms with Crippen molar-refractivity contribution in [3.8, 4) is 0 Å². The number of amides is 1. The molecule has 0 bridgehead atoms. The molecule has 0 atom stereocenters. The summed E-state index contributed by atoms with van der Waals surface area (Å²) in [6.07, 6.45) is 1.63. The highest BCUT2D eigenvalue weighted by Gasteiger charge is 2.08. The number of halogens is 1. The molecule has 0 spiro atoms. The average Bonchev–Trinajstić information content (AvgIpc) is 2.82. The van der Waals surface area contributed by atoms with Crippen LogP contribution >= 0.6 is 27.3 Å². The molecule has 0 fully saturated rings. The zero-order valence-corrected chi connectivity index (χ0v) is 12.8. The first-order valence-corrected chi connectivity index (χ1v) is 7.52. The van der Waals surface area contributed by atoms with E-state index in [4.69, 9.17) is 0 Å². The minimum Gasteiger partial charge on any atom is -0.385 e. The summed E-state index contributed by atoms with van der Waals surface area (Å²) in [6, 6.07) is 7.55. The van der Waals surface area contributed by atoms with Gasteiger partial charge in [-0.2, -0.15) is 0 Å². The van der Waals surface area contributed by atoms with Crippen molar-refractivity contribution in [3.05, 3.63) is 44.8 Å². The maximum absolute atomic E-state index is 12.0. The van der Waals surface area contributed by atoms with E-state index in [-0.39, 0.29) is 5.91 Å². The molecule has 0 aliphatic rings. The highest BCUT2D eigenvalue weighted by molar-refractivity contribution is 9.11. The quantitative estimate of drug-likeness (QED) is 0.878. The topological polar surface area (TPSA) is 54.0 Å². The Kier molecular flexibility index (Phi) is 4.93. The van der Waals surface area contributed by atoms with Crippen LogP contribution in [0.15, 0.2) is 34.2 Å². The zero-order valence-electron chi connectivity index (χ0n) is 10.4. The summed E-state index contributed by atoms with van der Waals surface area (Å²) in [5.41, 5.74) is 1.33. The van der Waals surface area contributed by atoms with Crippen molar-refractivity contribution in [2.75, 3.05) is 11.9 Å². The number of carbonyl (C=O) groups excluding carboxylic acids is 1. The maximum atomic E-state index is 12.0. The summed E-state index contributed by atoms with van der Waals surface area (Å²) >= 11 is 5.00. The molecule has 0 aromatic carbocycles. The lowest BCUT2D eigenvalue weighted by atomic mass is 10.3. The lowest BCUT2D eigenvalue weighted by molar-refractivity contribution is 0.0946. The molecule has 0 saturated heterocycles. The van der Waals surface area contributed by atoms with Crippen LogP contribution in [0.4, 0.5) is 5.69 Å². The van der Waals surface area contributed by atoms with E-state index < -0.39 is 0 Å². The number of nitrogens with one attached hydrogen (secondary N) is 2. The molecule has 2 aromatic rings. The number of aromatic nitrogens is 1. The van der Waals surface area contributed by atoms with Crippen LogP contribution in [0.5, 0.6) is 0 Å². The molecular weight excluding hydrogens is 326 g/mol. The first-order valence-electron chi connectivity index (χ1n) is 5.91. The number of hydrogen-bond acceptors (Lipinski definition) is 4. The number of hydrogen-bond donors (Lipinski definition) is 2. The number of anilines is 1. The summed E-state index contributed by atoms with van der Waals surface area (Å²) in [7, 11) is 0. The molecule has 19 heavy (non-hydrogen) atoms. The van der Waals surface area contributed by atoms with E-state index in [0.29, 0.717) is 12.2 Å². The Morgan fingerprint density at radius 3 is 2.95 bits per heavy atom. The SMILES string of the molecule is CCNc1ccnc(C(=O)NCc2ccc(Br)s2)c1. The van der Waals surface area contributed by atoms with Gasteiger partial charge in [-0.05, 0) is 47.1 Å². The molecule has 0 unspecified atom stereocenters. The van der Waals surface area contributed by atoms with E-state index in [9.17, 15) is 4.79 Å². The Hall–Kier alpha value is -1.40. The van der Waals surface area contributed by atoms with Crippen LogP contribution in [-0.2, 0) is 6.54 Å². The van der Waals surface area contributed by atoms with Gasteiger partial charge in [0.1, 0.15) is 5.69 Å². The van der Waals surface area contributed by atoms with E-state index in [1.165, 1.54) is 0 Å². The summed E-state index contributed by atoms with van der Waals surface area (Å²) in [6.45, 7) is 3.34. The Labute approximate surface area is 124 Å². The molecule has 2 aromatic heterocycles. The van der Waals surface area contributed by atoms with Gasteiger partial charge in [-0.15, -0.1) is 11.3 Å². The molecule has 0 aliphatic carbocycles. The van der Waals surface area contributed by atoms with Crippen LogP contribution in [0.25, 0.3) is 0 Å². The summed E-state index contributed by atoms with van der Waals surface area (Å²) in [5.74, 6) is -0.163. The van der Waals surface area contributed by atoms with Crippen molar-refractivity contribution in [1.82, 2.24) is 10.3 Å². The third-order valence-corrected chi connectivity index (χ3v) is 4.05. The Morgan fingerprint density at radius 1 is 1.42 bits per heavy atom. The van der Waals surface area contributed by atoms with Crippen LogP contribution in [0.1, 0.15) is 22.3 Å². The summed E-state index contributed by atoms with van der Waals surface area (Å²) < 4.78 is 1.06. The van der Waals surface area contributed by atoms with Gasteiger partial charge in [0.15, 0.2) is 0 Å². The van der Waals surface area contributed by atoms with E-state index in [1.807, 2.05) is 25.1 Å². The van der Waals surface area contributed by atoms with Gasteiger partial charge < -0.3 is 10.6 Å². The van der Waals surface area contributed by atoms with Crippen molar-refractivity contribution >= 4 is 38.9 Å². The van der Waals surface area contributed by atoms with E-state index in [0.717, 1.165) is 20.9 Å². The average molecular weight is 340 g/mol. The van der Waals surface area contributed by atoms with Crippen LogP contribution in [0.3, 0.4) is 0 Å². The van der Waals surface area contributed by atoms with E-state index >= 15 is 0 Å². The zero-order chi connectivity index (χ0) is 13.7. The first-order chi connectivity index (χ1) is 9.19. The minimum atomic E-state index is -0.163. The highest BCUT2D eigenvalue weighted by atomic mass is 79.9. The Balaban J connectivity index is 1.97. The van der Waals surface area contributed by atoms with Crippen molar-refractivity contribution in [2.45, 2.75) is 13.5 Å². The van der Waals surface area contributed by atoms with Gasteiger partial charge in [-0.1, -0.05) is 0 Å². The van der Waals surface area contributed by atoms with Gasteiger partial charge in [0.25, 0.3) is 5.91 Å². The Morgan fingerprint density at radius 2 is 2.26 bits per heavy atom. The fourth-order valence-electron chi connectivity index (χ4n) is 1.57. The summed E-state index contributed by atoms with van der Waals surface area (Å²) in [5, 5.41) is 6.01. The fraction of sp³-hybridized carbons (Fsp3) is 0.231. The van der Waals surface area contributed by atoms with Crippen LogP contribution in [-0.4, -0.2) is 17.4 Å². The largest absolute Gasteiger partial charge is 0.385 e. The second-order valence-corrected chi connectivity index (χ2v) is 6.40. The van der Waals surface area contributed by atoms with Crippen molar-refractivity contribution < 1.29 is 4.79 Å². The molecular formula is C13H14BrN3OS. The third kappa shape index (κ3) is 4.04. The molecule has 100 valence electrons. The molecule has 0 aliphatic heterocycles. The smallest absolute Gasteiger partial charge is 0.270 e. The van der Waals surface area contributed by atoms with E-state index in [1.54, 1.807) is 23.6 Å². The lowest BCUT2D eigenvalue weighted by Crippen LogP contribution is -2.23. The Bertz CT molecular complexity index is 571. The van der Waals surface area contributed by atoms with Gasteiger partial charge in [0, 0.05) is 23.3 Å². The fourth-order valence-corrected chi connectivity index (χ4v) is 3.00. The van der Waals surface area contributed by atoms with Gasteiger partial charge in [-0.3, -0.25) is 9.78 Å². The van der Waals surface area contributed by atoms with Crippen molar-refractivity contribution in [2.24, 2.45) is 0 Å². The number of thiophene rings is 1. The normalized spacial score (nSPS) is 10.2. The van der Waals surface area contributed by atoms with Gasteiger partial charge in [0.05, 0.1) is 10.3 Å². The second-order valence-electron chi connectivity index (χ2n) is 3.85. The van der Waals surface area contributed by atoms with Crippen LogP contribution < -0.4 is 10.6 Å². The van der Waals surface area contributed by atoms with Gasteiger partial charge >= 0.3 is 0 Å². The molecule has 2 heterocycles. The van der Waals surface area contributed by atoms with Crippen LogP contribution in [0, 0.1) is 0 Å². The minimum absolute atomic E-state index is 0.163. The summed E-state index contributed by atoms with van der Waals surface area (Å²) in [4.78, 5) is 17.2. The first kappa shape index (κ1) is 14.0. The molecule has 2 N–H and O–H groups in total. The number of rotatable bonds is 5. The predicted octanol–water partition coefficient (Wildman–Crippen LogP) is 3.27. The van der Waals surface area contributed by atoms with Gasteiger partial charge in [-0.25, -0.2) is 0 Å². The number of pyridine rings is 1. The maximum Gasteiger partial charge on any atom is 0.270 e. The third-order valence-electron chi connectivity index (χ3n) is 2.43. The van der Waals surface area contributed by atoms with Crippen LogP contribution in [0.2, 0.25) is 0 Å². The molecule has 0 saturated carbocycles. The van der Waals surface area contributed by atoms with E-state index in [2.05, 4.69) is 31.5 Å².